The van der Waals surface area contributed by atoms with Gasteiger partial charge in [-0.1, -0.05) is 48.0 Å². The fraction of sp³-hybridized carbons (Fsp3) is 0.0370. The predicted octanol–water partition coefficient (Wildman–Crippen LogP) is 7.95. The highest BCUT2D eigenvalue weighted by Crippen LogP contribution is 2.31. The van der Waals surface area contributed by atoms with Gasteiger partial charge in [-0.05, 0) is 66.7 Å². The van der Waals surface area contributed by atoms with Crippen LogP contribution in [0, 0.1) is 0 Å². The highest BCUT2D eigenvalue weighted by molar-refractivity contribution is 6.31. The topological polar surface area (TPSA) is 58.6 Å². The second kappa shape index (κ2) is 10.5. The smallest absolute Gasteiger partial charge is 0.409 e. The fourth-order valence-electron chi connectivity index (χ4n) is 3.36. The maximum atomic E-state index is 13.3. The van der Waals surface area contributed by atoms with E-state index in [1.54, 1.807) is 60.7 Å². The number of hydrogen-bond donors (Lipinski definition) is 1. The summed E-state index contributed by atoms with van der Waals surface area (Å²) < 4.78 is 44.1. The first kappa shape index (κ1) is 24.8. The lowest BCUT2D eigenvalue weighted by Crippen LogP contribution is -2.29. The van der Waals surface area contributed by atoms with Gasteiger partial charge in [-0.2, -0.15) is 13.2 Å². The minimum atomic E-state index is -4.50. The molecule has 4 aromatic carbocycles. The minimum Gasteiger partial charge on any atom is -0.409 e. The van der Waals surface area contributed by atoms with Gasteiger partial charge in [0.2, 0.25) is 0 Å². The normalized spacial score (nSPS) is 11.0. The van der Waals surface area contributed by atoms with Gasteiger partial charge in [0.25, 0.3) is 5.91 Å². The molecule has 0 spiro atoms. The summed E-state index contributed by atoms with van der Waals surface area (Å²) in [6.45, 7) is 0. The van der Waals surface area contributed by atoms with Crippen molar-refractivity contribution in [3.05, 3.63) is 119 Å². The van der Waals surface area contributed by atoms with Crippen molar-refractivity contribution in [3.8, 4) is 5.75 Å². The zero-order valence-electron chi connectivity index (χ0n) is 18.5. The Kier molecular flexibility index (Phi) is 7.26. The molecule has 1 N–H and O–H groups in total. The van der Waals surface area contributed by atoms with Crippen molar-refractivity contribution in [2.45, 2.75) is 6.18 Å². The molecule has 5 nitrogen and oxygen atoms in total. The van der Waals surface area contributed by atoms with E-state index in [4.69, 9.17) is 16.3 Å². The van der Waals surface area contributed by atoms with Gasteiger partial charge in [0.05, 0.1) is 22.5 Å². The summed E-state index contributed by atoms with van der Waals surface area (Å²) in [5.74, 6) is -0.795. The van der Waals surface area contributed by atoms with Crippen LogP contribution in [0.2, 0.25) is 5.02 Å². The van der Waals surface area contributed by atoms with Crippen molar-refractivity contribution in [2.24, 2.45) is 0 Å². The molecule has 0 bridgehead atoms. The lowest BCUT2D eigenvalue weighted by Gasteiger charge is -2.23. The van der Waals surface area contributed by atoms with E-state index in [0.717, 1.165) is 24.3 Å². The van der Waals surface area contributed by atoms with E-state index in [-0.39, 0.29) is 22.0 Å². The molecule has 4 rings (SSSR count). The van der Waals surface area contributed by atoms with Crippen molar-refractivity contribution in [3.63, 3.8) is 0 Å². The van der Waals surface area contributed by atoms with Crippen LogP contribution in [-0.2, 0) is 6.18 Å². The average Bonchev–Trinajstić information content (AvgIpc) is 2.86. The summed E-state index contributed by atoms with van der Waals surface area (Å²) in [5.41, 5.74) is 0.286. The van der Waals surface area contributed by atoms with Crippen molar-refractivity contribution in [1.82, 2.24) is 0 Å². The first-order chi connectivity index (χ1) is 17.2. The quantitative estimate of drug-likeness (QED) is 0.296. The number of carbonyl (C=O) groups is 2. The van der Waals surface area contributed by atoms with E-state index in [2.05, 4.69) is 5.32 Å². The third kappa shape index (κ3) is 5.84. The molecule has 2 amide bonds. The second-order valence-electron chi connectivity index (χ2n) is 7.54. The number of ether oxygens (including phenoxy) is 1. The van der Waals surface area contributed by atoms with Crippen LogP contribution in [0.5, 0.6) is 5.75 Å². The Morgan fingerprint density at radius 3 is 1.86 bits per heavy atom. The number of alkyl halides is 3. The van der Waals surface area contributed by atoms with Gasteiger partial charge in [0.1, 0.15) is 5.75 Å². The Balaban J connectivity index is 1.61. The molecular formula is C27H18ClF3N2O3. The van der Waals surface area contributed by atoms with Crippen LogP contribution < -0.4 is 15.0 Å². The molecule has 0 saturated heterocycles. The highest BCUT2D eigenvalue weighted by Gasteiger charge is 2.30. The molecule has 0 aliphatic heterocycles. The fourth-order valence-corrected chi connectivity index (χ4v) is 3.54. The number of halogens is 4. The van der Waals surface area contributed by atoms with Crippen LogP contribution in [0.3, 0.4) is 0 Å². The van der Waals surface area contributed by atoms with Crippen LogP contribution in [0.15, 0.2) is 103 Å². The zero-order valence-corrected chi connectivity index (χ0v) is 19.3. The summed E-state index contributed by atoms with van der Waals surface area (Å²) in [7, 11) is 0. The summed E-state index contributed by atoms with van der Waals surface area (Å²) in [5, 5.41) is 2.70. The van der Waals surface area contributed by atoms with Crippen molar-refractivity contribution >= 4 is 40.7 Å². The maximum absolute atomic E-state index is 13.3. The molecule has 0 atom stereocenters. The minimum absolute atomic E-state index is 0.0724. The first-order valence-corrected chi connectivity index (χ1v) is 11.0. The number of rotatable bonds is 5. The van der Waals surface area contributed by atoms with Crippen molar-refractivity contribution < 1.29 is 27.5 Å². The number of hydrogen-bond acceptors (Lipinski definition) is 3. The molecule has 36 heavy (non-hydrogen) atoms. The van der Waals surface area contributed by atoms with E-state index in [0.29, 0.717) is 11.4 Å². The summed E-state index contributed by atoms with van der Waals surface area (Å²) in [6.07, 6.45) is -5.28. The lowest BCUT2D eigenvalue weighted by atomic mass is 10.1. The number of nitrogens with zero attached hydrogens (tertiary/aromatic N) is 1. The van der Waals surface area contributed by atoms with Crippen LogP contribution in [0.1, 0.15) is 15.9 Å². The number of para-hydroxylation sites is 2. The summed E-state index contributed by atoms with van der Waals surface area (Å²) >= 11 is 6.07. The molecule has 0 fully saturated rings. The highest BCUT2D eigenvalue weighted by atomic mass is 35.5. The average molecular weight is 511 g/mol. The third-order valence-corrected chi connectivity index (χ3v) is 5.30. The van der Waals surface area contributed by atoms with E-state index in [9.17, 15) is 22.8 Å². The predicted molar refractivity (Wildman–Crippen MR) is 132 cm³/mol. The molecule has 0 radical (unpaired) electrons. The zero-order chi connectivity index (χ0) is 25.7. The van der Waals surface area contributed by atoms with Crippen LogP contribution >= 0.6 is 11.6 Å². The largest absolute Gasteiger partial charge is 0.424 e. The van der Waals surface area contributed by atoms with Crippen molar-refractivity contribution in [1.29, 1.82) is 0 Å². The molecule has 0 aliphatic carbocycles. The first-order valence-electron chi connectivity index (χ1n) is 10.6. The number of carbonyl (C=O) groups excluding carboxylic acids is 2. The summed E-state index contributed by atoms with van der Waals surface area (Å²) in [6, 6.07) is 25.7. The van der Waals surface area contributed by atoms with Gasteiger partial charge in [0, 0.05) is 10.7 Å². The SMILES string of the molecule is O=C(Nc1ccc(C(F)(F)F)cc1)c1cc(Cl)ccc1OC(=O)N(c1ccccc1)c1ccccc1. The number of anilines is 3. The Morgan fingerprint density at radius 2 is 1.33 bits per heavy atom. The lowest BCUT2D eigenvalue weighted by molar-refractivity contribution is -0.137. The molecular weight excluding hydrogens is 493 g/mol. The maximum Gasteiger partial charge on any atom is 0.424 e. The number of amides is 2. The van der Waals surface area contributed by atoms with Crippen molar-refractivity contribution in [2.75, 3.05) is 10.2 Å². The van der Waals surface area contributed by atoms with Gasteiger partial charge < -0.3 is 10.1 Å². The van der Waals surface area contributed by atoms with Crippen LogP contribution in [0.4, 0.5) is 35.0 Å². The Bertz CT molecular complexity index is 1320. The molecule has 182 valence electrons. The third-order valence-electron chi connectivity index (χ3n) is 5.06. The van der Waals surface area contributed by atoms with Crippen LogP contribution in [-0.4, -0.2) is 12.0 Å². The monoisotopic (exact) mass is 510 g/mol. The molecule has 9 heteroatoms. The van der Waals surface area contributed by atoms with E-state index >= 15 is 0 Å². The molecule has 0 saturated carbocycles. The number of nitrogens with one attached hydrogen (secondary N) is 1. The molecule has 0 heterocycles. The summed E-state index contributed by atoms with van der Waals surface area (Å²) in [4.78, 5) is 27.6. The molecule has 0 aliphatic rings. The standard InChI is InChI=1S/C27H18ClF3N2O3/c28-19-13-16-24(23(17-19)25(34)32-20-14-11-18(12-15-20)27(29,30)31)36-26(35)33(21-7-3-1-4-8-21)22-9-5-2-6-10-22/h1-17H,(H,32,34). The molecule has 0 aromatic heterocycles. The van der Waals surface area contributed by atoms with Crippen LogP contribution in [0.25, 0.3) is 0 Å². The van der Waals surface area contributed by atoms with E-state index in [1.165, 1.54) is 23.1 Å². The van der Waals surface area contributed by atoms with E-state index in [1.807, 2.05) is 0 Å². The Morgan fingerprint density at radius 1 is 0.778 bits per heavy atom. The van der Waals surface area contributed by atoms with Gasteiger partial charge in [0.15, 0.2) is 0 Å². The Hall–Kier alpha value is -4.30. The van der Waals surface area contributed by atoms with Gasteiger partial charge in [-0.15, -0.1) is 0 Å². The number of benzene rings is 4. The molecule has 0 unspecified atom stereocenters. The van der Waals surface area contributed by atoms with Gasteiger partial charge >= 0.3 is 12.3 Å². The van der Waals surface area contributed by atoms with Gasteiger partial charge in [-0.3, -0.25) is 4.79 Å². The second-order valence-corrected chi connectivity index (χ2v) is 7.98. The Labute approximate surface area is 209 Å². The molecule has 4 aromatic rings. The van der Waals surface area contributed by atoms with Gasteiger partial charge in [-0.25, -0.2) is 9.69 Å². The van der Waals surface area contributed by atoms with E-state index < -0.39 is 23.7 Å².